The van der Waals surface area contributed by atoms with Gasteiger partial charge in [0.05, 0.1) is 6.20 Å². The normalized spacial score (nSPS) is 19.3. The summed E-state index contributed by atoms with van der Waals surface area (Å²) in [7, 11) is 0. The lowest BCUT2D eigenvalue weighted by atomic mass is 9.94. The maximum atomic E-state index is 11.7. The predicted octanol–water partition coefficient (Wildman–Crippen LogP) is 0.564. The number of carbonyl (C=O) groups excluding carboxylic acids is 1. The Morgan fingerprint density at radius 3 is 3.21 bits per heavy atom. The van der Waals surface area contributed by atoms with Crippen LogP contribution in [0.4, 0.5) is 0 Å². The lowest BCUT2D eigenvalue weighted by molar-refractivity contribution is -0.121. The third kappa shape index (κ3) is 5.38. The summed E-state index contributed by atoms with van der Waals surface area (Å²) in [5.41, 5.74) is 0. The van der Waals surface area contributed by atoms with E-state index >= 15 is 0 Å². The fraction of sp³-hybridized carbons (Fsp3) is 0.769. The second-order valence-corrected chi connectivity index (χ2v) is 5.12. The number of amides is 1. The first kappa shape index (κ1) is 14.0. The van der Waals surface area contributed by atoms with Crippen molar-refractivity contribution in [2.24, 2.45) is 5.92 Å². The summed E-state index contributed by atoms with van der Waals surface area (Å²) in [4.78, 5) is 11.7. The molecule has 1 unspecified atom stereocenters. The van der Waals surface area contributed by atoms with Gasteiger partial charge in [-0.1, -0.05) is 5.21 Å². The van der Waals surface area contributed by atoms with Crippen molar-refractivity contribution in [1.29, 1.82) is 0 Å². The van der Waals surface area contributed by atoms with Crippen LogP contribution in [-0.2, 0) is 11.3 Å². The van der Waals surface area contributed by atoms with Gasteiger partial charge in [-0.25, -0.2) is 0 Å². The first-order valence-electron chi connectivity index (χ1n) is 7.16. The Labute approximate surface area is 113 Å². The van der Waals surface area contributed by atoms with Crippen LogP contribution in [0, 0.1) is 5.92 Å². The molecule has 6 nitrogen and oxygen atoms in total. The molecule has 0 aliphatic carbocycles. The summed E-state index contributed by atoms with van der Waals surface area (Å²) < 4.78 is 1.78. The zero-order chi connectivity index (χ0) is 13.3. The number of aryl methyl sites for hydroxylation is 1. The monoisotopic (exact) mass is 265 g/mol. The van der Waals surface area contributed by atoms with Crippen molar-refractivity contribution in [3.05, 3.63) is 12.4 Å². The topological polar surface area (TPSA) is 71.8 Å². The van der Waals surface area contributed by atoms with Gasteiger partial charge in [-0.3, -0.25) is 9.48 Å². The minimum absolute atomic E-state index is 0.171. The van der Waals surface area contributed by atoms with Crippen molar-refractivity contribution in [3.63, 3.8) is 0 Å². The number of nitrogens with zero attached hydrogens (tertiary/aromatic N) is 3. The van der Waals surface area contributed by atoms with E-state index in [0.717, 1.165) is 32.5 Å². The van der Waals surface area contributed by atoms with Crippen LogP contribution in [0.3, 0.4) is 0 Å². The number of aromatic nitrogens is 3. The SMILES string of the molecule is O=C(CCC1CCCNC1)NCCCn1ccnn1. The van der Waals surface area contributed by atoms with Gasteiger partial charge in [0.1, 0.15) is 0 Å². The lowest BCUT2D eigenvalue weighted by Gasteiger charge is -2.22. The molecule has 106 valence electrons. The number of rotatable bonds is 7. The van der Waals surface area contributed by atoms with Crippen LogP contribution in [-0.4, -0.2) is 40.5 Å². The molecule has 0 saturated carbocycles. The highest BCUT2D eigenvalue weighted by Crippen LogP contribution is 2.15. The van der Waals surface area contributed by atoms with Crippen LogP contribution in [0.5, 0.6) is 0 Å². The quantitative estimate of drug-likeness (QED) is 0.707. The van der Waals surface area contributed by atoms with E-state index in [1.54, 1.807) is 10.9 Å². The summed E-state index contributed by atoms with van der Waals surface area (Å²) in [5.74, 6) is 0.846. The summed E-state index contributed by atoms with van der Waals surface area (Å²) in [6.45, 7) is 3.71. The molecule has 2 rings (SSSR count). The maximum absolute atomic E-state index is 11.7. The molecule has 19 heavy (non-hydrogen) atoms. The second kappa shape index (κ2) is 7.89. The minimum Gasteiger partial charge on any atom is -0.356 e. The third-order valence-corrected chi connectivity index (χ3v) is 3.54. The Kier molecular flexibility index (Phi) is 5.81. The van der Waals surface area contributed by atoms with E-state index < -0.39 is 0 Å². The molecule has 1 aromatic heterocycles. The van der Waals surface area contributed by atoms with Gasteiger partial charge >= 0.3 is 0 Å². The second-order valence-electron chi connectivity index (χ2n) is 5.12. The molecule has 1 saturated heterocycles. The maximum Gasteiger partial charge on any atom is 0.220 e. The van der Waals surface area contributed by atoms with Gasteiger partial charge in [-0.05, 0) is 44.7 Å². The van der Waals surface area contributed by atoms with Crippen molar-refractivity contribution in [2.45, 2.75) is 38.6 Å². The molecule has 0 aromatic carbocycles. The zero-order valence-electron chi connectivity index (χ0n) is 11.3. The standard InChI is InChI=1S/C13H23N5O/c19-13(5-4-12-3-1-6-14-11-12)15-7-2-9-18-10-8-16-17-18/h8,10,12,14H,1-7,9,11H2,(H,15,19). The van der Waals surface area contributed by atoms with E-state index in [4.69, 9.17) is 0 Å². The number of carbonyl (C=O) groups is 1. The largest absolute Gasteiger partial charge is 0.356 e. The molecular formula is C13H23N5O. The fourth-order valence-corrected chi connectivity index (χ4v) is 2.41. The van der Waals surface area contributed by atoms with Crippen molar-refractivity contribution < 1.29 is 4.79 Å². The minimum atomic E-state index is 0.171. The molecule has 1 aliphatic heterocycles. The summed E-state index contributed by atoms with van der Waals surface area (Å²) in [6, 6.07) is 0. The van der Waals surface area contributed by atoms with Gasteiger partial charge in [0, 0.05) is 25.7 Å². The Balaban J connectivity index is 1.49. The molecule has 1 amide bonds. The van der Waals surface area contributed by atoms with Crippen molar-refractivity contribution in [2.75, 3.05) is 19.6 Å². The molecule has 0 bridgehead atoms. The zero-order valence-corrected chi connectivity index (χ0v) is 11.3. The Morgan fingerprint density at radius 2 is 2.47 bits per heavy atom. The molecule has 2 heterocycles. The van der Waals surface area contributed by atoms with E-state index in [1.165, 1.54) is 12.8 Å². The molecule has 1 aromatic rings. The molecule has 6 heteroatoms. The molecule has 1 aliphatic rings. The molecule has 0 spiro atoms. The number of hydrogen-bond acceptors (Lipinski definition) is 4. The highest BCUT2D eigenvalue weighted by atomic mass is 16.1. The van der Waals surface area contributed by atoms with Crippen molar-refractivity contribution in [1.82, 2.24) is 25.6 Å². The van der Waals surface area contributed by atoms with Crippen LogP contribution in [0.1, 0.15) is 32.1 Å². The van der Waals surface area contributed by atoms with Crippen molar-refractivity contribution in [3.8, 4) is 0 Å². The summed E-state index contributed by atoms with van der Waals surface area (Å²) in [6.07, 6.45) is 8.53. The lowest BCUT2D eigenvalue weighted by Crippen LogP contribution is -2.31. The smallest absolute Gasteiger partial charge is 0.220 e. The molecule has 1 atom stereocenters. The van der Waals surface area contributed by atoms with Crippen LogP contribution >= 0.6 is 0 Å². The van der Waals surface area contributed by atoms with Gasteiger partial charge in [-0.2, -0.15) is 0 Å². The molecule has 2 N–H and O–H groups in total. The van der Waals surface area contributed by atoms with Crippen LogP contribution in [0.2, 0.25) is 0 Å². The summed E-state index contributed by atoms with van der Waals surface area (Å²) in [5, 5.41) is 14.0. The predicted molar refractivity (Wildman–Crippen MR) is 72.5 cm³/mol. The van der Waals surface area contributed by atoms with E-state index in [9.17, 15) is 4.79 Å². The Bertz CT molecular complexity index is 359. The van der Waals surface area contributed by atoms with Crippen LogP contribution < -0.4 is 10.6 Å². The van der Waals surface area contributed by atoms with E-state index in [-0.39, 0.29) is 5.91 Å². The van der Waals surface area contributed by atoms with Gasteiger partial charge in [-0.15, -0.1) is 5.10 Å². The third-order valence-electron chi connectivity index (χ3n) is 3.54. The first-order chi connectivity index (χ1) is 9.34. The van der Waals surface area contributed by atoms with Crippen LogP contribution in [0.25, 0.3) is 0 Å². The van der Waals surface area contributed by atoms with E-state index in [0.29, 0.717) is 18.9 Å². The van der Waals surface area contributed by atoms with Gasteiger partial charge < -0.3 is 10.6 Å². The molecular weight excluding hydrogens is 242 g/mol. The average molecular weight is 265 g/mol. The number of piperidine rings is 1. The highest BCUT2D eigenvalue weighted by molar-refractivity contribution is 5.75. The average Bonchev–Trinajstić information content (AvgIpc) is 2.96. The fourth-order valence-electron chi connectivity index (χ4n) is 2.41. The number of hydrogen-bond donors (Lipinski definition) is 2. The van der Waals surface area contributed by atoms with Gasteiger partial charge in [0.25, 0.3) is 0 Å². The Hall–Kier alpha value is -1.43. The first-order valence-corrected chi connectivity index (χ1v) is 7.16. The van der Waals surface area contributed by atoms with Crippen molar-refractivity contribution >= 4 is 5.91 Å². The highest BCUT2D eigenvalue weighted by Gasteiger charge is 2.14. The van der Waals surface area contributed by atoms with Crippen LogP contribution in [0.15, 0.2) is 12.4 Å². The molecule has 0 radical (unpaired) electrons. The number of nitrogens with one attached hydrogen (secondary N) is 2. The van der Waals surface area contributed by atoms with Gasteiger partial charge in [0.15, 0.2) is 0 Å². The Morgan fingerprint density at radius 1 is 1.53 bits per heavy atom. The molecule has 1 fully saturated rings. The van der Waals surface area contributed by atoms with E-state index in [2.05, 4.69) is 20.9 Å². The van der Waals surface area contributed by atoms with E-state index in [1.807, 2.05) is 6.20 Å². The van der Waals surface area contributed by atoms with Gasteiger partial charge in [0.2, 0.25) is 5.91 Å². The summed E-state index contributed by atoms with van der Waals surface area (Å²) >= 11 is 0.